The van der Waals surface area contributed by atoms with Crippen LogP contribution >= 0.6 is 45.2 Å². The number of hydrogen-bond donors (Lipinski definition) is 1. The number of rotatable bonds is 6. The van der Waals surface area contributed by atoms with E-state index in [9.17, 15) is 14.0 Å². The van der Waals surface area contributed by atoms with Crippen LogP contribution in [0.2, 0.25) is 0 Å². The Balaban J connectivity index is 1.35. The molecule has 1 N–H and O–H groups in total. The molecule has 4 heterocycles. The summed E-state index contributed by atoms with van der Waals surface area (Å²) < 4.78 is 21.5. The van der Waals surface area contributed by atoms with Gasteiger partial charge in [-0.15, -0.1) is 0 Å². The zero-order valence-corrected chi connectivity index (χ0v) is 25.1. The average Bonchev–Trinajstić information content (AvgIpc) is 3.15. The predicted molar refractivity (Wildman–Crippen MR) is 157 cm³/mol. The van der Waals surface area contributed by atoms with Crippen molar-refractivity contribution in [2.75, 3.05) is 25.0 Å². The number of carbonyl (C=O) groups excluding carboxylic acids is 2. The average molecular weight is 732 g/mol. The first-order valence-corrected chi connectivity index (χ1v) is 15.5. The number of nitrogens with one attached hydrogen (secondary N) is 1. The van der Waals surface area contributed by atoms with E-state index in [4.69, 9.17) is 4.74 Å². The molecule has 1 saturated carbocycles. The summed E-state index contributed by atoms with van der Waals surface area (Å²) in [4.78, 5) is 31.1. The van der Waals surface area contributed by atoms with Gasteiger partial charge in [-0.05, 0) is 81.8 Å². The summed E-state index contributed by atoms with van der Waals surface area (Å²) >= 11 is 4.77. The number of benzene rings is 1. The summed E-state index contributed by atoms with van der Waals surface area (Å²) in [5, 5.41) is 2.82. The number of esters is 1. The number of carbonyl (C=O) groups is 2. The number of hydrogen-bond acceptors (Lipinski definition) is 4. The molecule has 6 rings (SSSR count). The first-order chi connectivity index (χ1) is 17.8. The summed E-state index contributed by atoms with van der Waals surface area (Å²) in [7, 11) is 0. The summed E-state index contributed by atoms with van der Waals surface area (Å²) in [6.07, 6.45) is 8.76. The zero-order valence-electron chi connectivity index (χ0n) is 20.8. The highest BCUT2D eigenvalue weighted by Gasteiger charge is 2.56. The van der Waals surface area contributed by atoms with Gasteiger partial charge in [-0.2, -0.15) is 0 Å². The number of ether oxygens (including phenoxy) is 1. The van der Waals surface area contributed by atoms with Crippen molar-refractivity contribution >= 4 is 62.9 Å². The van der Waals surface area contributed by atoms with E-state index in [1.165, 1.54) is 12.1 Å². The summed E-state index contributed by atoms with van der Waals surface area (Å²) in [6, 6.07) is 11.0. The monoisotopic (exact) mass is 732 g/mol. The fraction of sp³-hybridized carbons (Fsp3) is 0.536. The Hall–Kier alpha value is -1.34. The first-order valence-electron chi connectivity index (χ1n) is 13.2. The van der Waals surface area contributed by atoms with Crippen molar-refractivity contribution in [2.45, 2.75) is 66.9 Å². The number of quaternary nitrogens is 1. The van der Waals surface area contributed by atoms with Crippen LogP contribution in [-0.2, 0) is 19.7 Å². The van der Waals surface area contributed by atoms with Gasteiger partial charge < -0.3 is 14.5 Å². The molecule has 3 saturated heterocycles. The van der Waals surface area contributed by atoms with E-state index in [1.807, 2.05) is 12.1 Å². The third-order valence-electron chi connectivity index (χ3n) is 8.58. The van der Waals surface area contributed by atoms with Crippen molar-refractivity contribution in [1.82, 2.24) is 4.98 Å². The molecule has 37 heavy (non-hydrogen) atoms. The van der Waals surface area contributed by atoms with Gasteiger partial charge in [-0.25, -0.2) is 9.37 Å². The number of halogens is 3. The third kappa shape index (κ3) is 5.54. The number of piperidine rings is 3. The Kier molecular flexibility index (Phi) is 8.40. The first kappa shape index (κ1) is 27.2. The van der Waals surface area contributed by atoms with Crippen LogP contribution < -0.4 is 5.32 Å². The maximum absolute atomic E-state index is 14.2. The molecule has 1 aromatic carbocycles. The van der Waals surface area contributed by atoms with Crippen LogP contribution in [0.25, 0.3) is 0 Å². The Morgan fingerprint density at radius 1 is 1.08 bits per heavy atom. The predicted octanol–water partition coefficient (Wildman–Crippen LogP) is 5.97. The molecule has 1 aromatic heterocycles. The lowest BCUT2D eigenvalue weighted by molar-refractivity contribution is -0.944. The second-order valence-electron chi connectivity index (χ2n) is 10.8. The topological polar surface area (TPSA) is 68.3 Å². The maximum atomic E-state index is 14.2. The Labute approximate surface area is 245 Å². The van der Waals surface area contributed by atoms with Gasteiger partial charge in [0.1, 0.15) is 11.6 Å². The summed E-state index contributed by atoms with van der Waals surface area (Å²) in [5.74, 6) is -0.00323. The standard InChI is InChI=1S/C28H32FI2N3O3/c29-20-9-10-23(32-17-20)33-24(35)18-34-15-11-19(12-16-34)25(26(34)31)37-27(36)28(13-5-1-2-6-14-28)21-7-3-4-8-22(21)30/h3-4,7-10,17,19,25-26H,1-2,5-6,11-16,18H2/p+1. The highest BCUT2D eigenvalue weighted by Crippen LogP contribution is 2.46. The molecule has 0 radical (unpaired) electrons. The van der Waals surface area contributed by atoms with Gasteiger partial charge in [0, 0.05) is 22.3 Å². The maximum Gasteiger partial charge on any atom is 0.317 e. The molecule has 0 spiro atoms. The van der Waals surface area contributed by atoms with Gasteiger partial charge in [0.25, 0.3) is 5.91 Å². The Bertz CT molecular complexity index is 1130. The smallest absolute Gasteiger partial charge is 0.317 e. The van der Waals surface area contributed by atoms with Crippen molar-refractivity contribution in [3.05, 3.63) is 57.5 Å². The molecule has 2 atom stereocenters. The molecule has 2 bridgehead atoms. The molecule has 6 nitrogen and oxygen atoms in total. The quantitative estimate of drug-likeness (QED) is 0.0994. The van der Waals surface area contributed by atoms with E-state index in [-0.39, 0.29) is 28.6 Å². The van der Waals surface area contributed by atoms with Gasteiger partial charge in [0.2, 0.25) is 0 Å². The molecule has 1 aliphatic carbocycles. The van der Waals surface area contributed by atoms with Crippen molar-refractivity contribution < 1.29 is 23.2 Å². The van der Waals surface area contributed by atoms with E-state index >= 15 is 0 Å². The van der Waals surface area contributed by atoms with Crippen molar-refractivity contribution in [1.29, 1.82) is 0 Å². The number of alkyl halides is 1. The number of fused-ring (bicyclic) bond motifs is 3. The Morgan fingerprint density at radius 3 is 2.43 bits per heavy atom. The molecule has 9 heteroatoms. The number of pyridine rings is 1. The second kappa shape index (κ2) is 11.4. The minimum Gasteiger partial charge on any atom is -0.454 e. The van der Waals surface area contributed by atoms with Crippen LogP contribution in [0.15, 0.2) is 42.6 Å². The fourth-order valence-corrected chi connectivity index (χ4v) is 8.92. The van der Waals surface area contributed by atoms with Gasteiger partial charge in [-0.1, -0.05) is 43.9 Å². The van der Waals surface area contributed by atoms with Crippen LogP contribution in [0.5, 0.6) is 0 Å². The van der Waals surface area contributed by atoms with Crippen LogP contribution in [0.4, 0.5) is 10.2 Å². The molecule has 198 valence electrons. The molecular weight excluding hydrogens is 699 g/mol. The van der Waals surface area contributed by atoms with Crippen LogP contribution in [0.1, 0.15) is 56.9 Å². The van der Waals surface area contributed by atoms with E-state index in [1.54, 1.807) is 0 Å². The second-order valence-corrected chi connectivity index (χ2v) is 13.2. The van der Waals surface area contributed by atoms with Crippen molar-refractivity contribution in [2.24, 2.45) is 5.92 Å². The molecule has 4 aliphatic rings. The SMILES string of the molecule is O=C(C[N+]12CCC(CC1)C(OC(=O)C1(c3ccccc3I)CCCCCC1)C2I)Nc1ccc(F)cn1. The van der Waals surface area contributed by atoms with E-state index in [0.29, 0.717) is 16.2 Å². The van der Waals surface area contributed by atoms with Gasteiger partial charge in [-0.3, -0.25) is 9.59 Å². The number of aromatic nitrogens is 1. The summed E-state index contributed by atoms with van der Waals surface area (Å²) in [5.41, 5.74) is 0.497. The number of amides is 1. The fourth-order valence-electron chi connectivity index (χ4n) is 6.53. The summed E-state index contributed by atoms with van der Waals surface area (Å²) in [6.45, 7) is 2.06. The highest BCUT2D eigenvalue weighted by molar-refractivity contribution is 14.1. The van der Waals surface area contributed by atoms with Crippen LogP contribution in [-0.4, -0.2) is 51.1 Å². The molecule has 2 unspecified atom stereocenters. The van der Waals surface area contributed by atoms with Crippen molar-refractivity contribution in [3.8, 4) is 0 Å². The van der Waals surface area contributed by atoms with Gasteiger partial charge >= 0.3 is 5.97 Å². The molecule has 2 aromatic rings. The zero-order chi connectivity index (χ0) is 26.0. The van der Waals surface area contributed by atoms with Crippen LogP contribution in [0.3, 0.4) is 0 Å². The third-order valence-corrected chi connectivity index (χ3v) is 11.4. The van der Waals surface area contributed by atoms with Gasteiger partial charge in [0.15, 0.2) is 16.7 Å². The lowest BCUT2D eigenvalue weighted by Crippen LogP contribution is -2.70. The number of nitrogens with zero attached hydrogens (tertiary/aromatic N) is 2. The van der Waals surface area contributed by atoms with E-state index < -0.39 is 11.2 Å². The largest absolute Gasteiger partial charge is 0.454 e. The van der Waals surface area contributed by atoms with Crippen LogP contribution in [0, 0.1) is 15.3 Å². The lowest BCUT2D eigenvalue weighted by atomic mass is 9.74. The van der Waals surface area contributed by atoms with E-state index in [0.717, 1.165) is 79.8 Å². The minimum atomic E-state index is -0.604. The normalized spacial score (nSPS) is 28.8. The minimum absolute atomic E-state index is 0.00125. The number of anilines is 1. The highest BCUT2D eigenvalue weighted by atomic mass is 127. The molecule has 1 amide bonds. The lowest BCUT2D eigenvalue weighted by Gasteiger charge is -2.55. The molecule has 3 aliphatic heterocycles. The molecule has 4 fully saturated rings. The Morgan fingerprint density at radius 2 is 1.78 bits per heavy atom. The molecular formula is C28H33FI2N3O3+. The van der Waals surface area contributed by atoms with E-state index in [2.05, 4.69) is 67.6 Å². The van der Waals surface area contributed by atoms with Gasteiger partial charge in [0.05, 0.1) is 24.7 Å². The van der Waals surface area contributed by atoms with Crippen molar-refractivity contribution in [3.63, 3.8) is 0 Å².